The third-order valence-corrected chi connectivity index (χ3v) is 5.12. The van der Waals surface area contributed by atoms with Crippen molar-refractivity contribution in [2.75, 3.05) is 13.2 Å². The van der Waals surface area contributed by atoms with E-state index in [1.54, 1.807) is 37.4 Å². The number of halogens is 3. The van der Waals surface area contributed by atoms with Crippen molar-refractivity contribution >= 4 is 34.5 Å². The summed E-state index contributed by atoms with van der Waals surface area (Å²) in [6, 6.07) is 15.3. The predicted molar refractivity (Wildman–Crippen MR) is 124 cm³/mol. The maximum atomic E-state index is 13.0. The largest absolute Gasteiger partial charge is 0.484 e. The highest BCUT2D eigenvalue weighted by Crippen LogP contribution is 2.31. The van der Waals surface area contributed by atoms with Gasteiger partial charge in [0.2, 0.25) is 0 Å². The Labute approximate surface area is 197 Å². The molecule has 0 aliphatic carbocycles. The zero-order chi connectivity index (χ0) is 25.0. The van der Waals surface area contributed by atoms with E-state index in [1.807, 2.05) is 16.5 Å². The molecular formula is C25H20F3N3O4. The van der Waals surface area contributed by atoms with Crippen LogP contribution in [-0.2, 0) is 15.7 Å². The molecule has 2 aromatic heterocycles. The number of pyridine rings is 1. The molecular weight excluding hydrogens is 463 g/mol. The molecule has 0 unspecified atom stereocenters. The summed E-state index contributed by atoms with van der Waals surface area (Å²) in [7, 11) is 0. The monoisotopic (exact) mass is 483 g/mol. The van der Waals surface area contributed by atoms with E-state index >= 15 is 0 Å². The SMILES string of the molecule is CCOC(=O)c1c2ccc(OCC(=O)N/N=C/c3ccccc3C(F)(F)F)cc2n2ccccc12. The zero-order valence-corrected chi connectivity index (χ0v) is 18.5. The summed E-state index contributed by atoms with van der Waals surface area (Å²) in [6.07, 6.45) is -1.81. The second-order valence-corrected chi connectivity index (χ2v) is 7.40. The van der Waals surface area contributed by atoms with E-state index in [0.29, 0.717) is 27.7 Å². The fourth-order valence-corrected chi connectivity index (χ4v) is 3.65. The van der Waals surface area contributed by atoms with Gasteiger partial charge < -0.3 is 13.9 Å². The van der Waals surface area contributed by atoms with Gasteiger partial charge in [-0.05, 0) is 37.3 Å². The quantitative estimate of drug-likeness (QED) is 0.232. The Morgan fingerprint density at radius 1 is 1.06 bits per heavy atom. The molecule has 10 heteroatoms. The lowest BCUT2D eigenvalue weighted by Crippen LogP contribution is -2.24. The van der Waals surface area contributed by atoms with Gasteiger partial charge in [-0.15, -0.1) is 0 Å². The van der Waals surface area contributed by atoms with Crippen molar-refractivity contribution in [2.45, 2.75) is 13.1 Å². The first-order valence-electron chi connectivity index (χ1n) is 10.6. The fourth-order valence-electron chi connectivity index (χ4n) is 3.65. The molecule has 0 saturated heterocycles. The van der Waals surface area contributed by atoms with E-state index in [4.69, 9.17) is 9.47 Å². The van der Waals surface area contributed by atoms with Gasteiger partial charge in [0, 0.05) is 23.2 Å². The van der Waals surface area contributed by atoms with Gasteiger partial charge in [0.1, 0.15) is 5.75 Å². The number of alkyl halides is 3. The highest BCUT2D eigenvalue weighted by molar-refractivity contribution is 6.12. The molecule has 0 fully saturated rings. The predicted octanol–water partition coefficient (Wildman–Crippen LogP) is 4.82. The number of ether oxygens (including phenoxy) is 2. The van der Waals surface area contributed by atoms with Crippen LogP contribution < -0.4 is 10.2 Å². The normalized spacial score (nSPS) is 11.8. The van der Waals surface area contributed by atoms with E-state index in [-0.39, 0.29) is 12.2 Å². The van der Waals surface area contributed by atoms with Crippen LogP contribution >= 0.6 is 0 Å². The molecule has 1 N–H and O–H groups in total. The molecule has 4 aromatic rings. The number of hydrazone groups is 1. The minimum atomic E-state index is -4.54. The molecule has 180 valence electrons. The first-order valence-corrected chi connectivity index (χ1v) is 10.6. The van der Waals surface area contributed by atoms with Gasteiger partial charge in [0.05, 0.1) is 35.0 Å². The summed E-state index contributed by atoms with van der Waals surface area (Å²) in [5.41, 5.74) is 2.90. The van der Waals surface area contributed by atoms with Crippen molar-refractivity contribution in [3.05, 3.63) is 83.6 Å². The van der Waals surface area contributed by atoms with Crippen LogP contribution in [0.5, 0.6) is 5.75 Å². The molecule has 7 nitrogen and oxygen atoms in total. The van der Waals surface area contributed by atoms with Gasteiger partial charge in [0.15, 0.2) is 6.61 Å². The van der Waals surface area contributed by atoms with Crippen LogP contribution in [-0.4, -0.2) is 35.7 Å². The van der Waals surface area contributed by atoms with Crippen LogP contribution in [0.4, 0.5) is 13.2 Å². The van der Waals surface area contributed by atoms with Crippen molar-refractivity contribution in [2.24, 2.45) is 5.10 Å². The Balaban J connectivity index is 1.47. The van der Waals surface area contributed by atoms with Crippen molar-refractivity contribution in [3.8, 4) is 5.75 Å². The number of fused-ring (bicyclic) bond motifs is 3. The molecule has 0 saturated carbocycles. The maximum absolute atomic E-state index is 13.0. The van der Waals surface area contributed by atoms with Crippen LogP contribution in [0.15, 0.2) is 72.0 Å². The van der Waals surface area contributed by atoms with Gasteiger partial charge >= 0.3 is 12.1 Å². The number of nitrogens with zero attached hydrogens (tertiary/aromatic N) is 2. The number of aromatic nitrogens is 1. The van der Waals surface area contributed by atoms with Crippen LogP contribution in [0, 0.1) is 0 Å². The third kappa shape index (κ3) is 5.11. The Bertz CT molecular complexity index is 1430. The van der Waals surface area contributed by atoms with Crippen molar-refractivity contribution < 1.29 is 32.2 Å². The summed E-state index contributed by atoms with van der Waals surface area (Å²) < 4.78 is 51.7. The first-order chi connectivity index (χ1) is 16.8. The lowest BCUT2D eigenvalue weighted by Gasteiger charge is -2.09. The van der Waals surface area contributed by atoms with E-state index in [9.17, 15) is 22.8 Å². The smallest absolute Gasteiger partial charge is 0.417 e. The highest BCUT2D eigenvalue weighted by atomic mass is 19.4. The second kappa shape index (κ2) is 9.88. The Morgan fingerprint density at radius 2 is 1.83 bits per heavy atom. The highest BCUT2D eigenvalue weighted by Gasteiger charge is 2.32. The topological polar surface area (TPSA) is 81.4 Å². The van der Waals surface area contributed by atoms with Crippen LogP contribution in [0.25, 0.3) is 16.4 Å². The Kier molecular flexibility index (Phi) is 6.72. The van der Waals surface area contributed by atoms with E-state index in [2.05, 4.69) is 10.5 Å². The van der Waals surface area contributed by atoms with Crippen molar-refractivity contribution in [3.63, 3.8) is 0 Å². The van der Waals surface area contributed by atoms with Gasteiger partial charge in [-0.25, -0.2) is 10.2 Å². The molecule has 35 heavy (non-hydrogen) atoms. The molecule has 0 spiro atoms. The molecule has 2 heterocycles. The van der Waals surface area contributed by atoms with E-state index < -0.39 is 30.2 Å². The fraction of sp³-hybridized carbons (Fsp3) is 0.160. The number of hydrogen-bond donors (Lipinski definition) is 1. The molecule has 0 bridgehead atoms. The zero-order valence-electron chi connectivity index (χ0n) is 18.5. The van der Waals surface area contributed by atoms with Gasteiger partial charge in [0.25, 0.3) is 5.91 Å². The molecule has 0 aliphatic rings. The lowest BCUT2D eigenvalue weighted by molar-refractivity contribution is -0.137. The van der Waals surface area contributed by atoms with Crippen molar-refractivity contribution in [1.82, 2.24) is 9.83 Å². The summed E-state index contributed by atoms with van der Waals surface area (Å²) in [4.78, 5) is 24.6. The third-order valence-electron chi connectivity index (χ3n) is 5.12. The summed E-state index contributed by atoms with van der Waals surface area (Å²) >= 11 is 0. The first kappa shape index (κ1) is 23.8. The number of carbonyl (C=O) groups is 2. The summed E-state index contributed by atoms with van der Waals surface area (Å²) in [6.45, 7) is 1.55. The molecule has 0 aliphatic heterocycles. The molecule has 1 amide bonds. The number of amides is 1. The van der Waals surface area contributed by atoms with Gasteiger partial charge in [-0.1, -0.05) is 24.3 Å². The molecule has 0 radical (unpaired) electrons. The van der Waals surface area contributed by atoms with E-state index in [0.717, 1.165) is 12.3 Å². The second-order valence-electron chi connectivity index (χ2n) is 7.40. The molecule has 4 rings (SSSR count). The summed E-state index contributed by atoms with van der Waals surface area (Å²) in [5.74, 6) is -0.736. The van der Waals surface area contributed by atoms with Gasteiger partial charge in [-0.2, -0.15) is 18.3 Å². The van der Waals surface area contributed by atoms with Crippen LogP contribution in [0.2, 0.25) is 0 Å². The number of nitrogens with one attached hydrogen (secondary N) is 1. The minimum absolute atomic E-state index is 0.177. The Hall–Kier alpha value is -4.34. The molecule has 2 aromatic carbocycles. The number of rotatable bonds is 7. The molecule has 0 atom stereocenters. The number of esters is 1. The number of benzene rings is 2. The standard InChI is InChI=1S/C25H20F3N3O4/c1-2-34-24(33)23-18-11-10-17(13-21(18)31-12-6-5-9-20(23)31)35-15-22(32)30-29-14-16-7-3-4-8-19(16)25(26,27)28/h3-14H,2,15H2,1H3,(H,30,32)/b29-14+. The average Bonchev–Trinajstić information content (AvgIpc) is 3.16. The van der Waals surface area contributed by atoms with Crippen LogP contribution in [0.1, 0.15) is 28.4 Å². The lowest BCUT2D eigenvalue weighted by atomic mass is 10.1. The van der Waals surface area contributed by atoms with Crippen LogP contribution in [0.3, 0.4) is 0 Å². The maximum Gasteiger partial charge on any atom is 0.417 e. The van der Waals surface area contributed by atoms with E-state index in [1.165, 1.54) is 18.2 Å². The van der Waals surface area contributed by atoms with Gasteiger partial charge in [-0.3, -0.25) is 4.79 Å². The van der Waals surface area contributed by atoms with Crippen molar-refractivity contribution in [1.29, 1.82) is 0 Å². The average molecular weight is 483 g/mol. The number of carbonyl (C=O) groups excluding carboxylic acids is 2. The number of hydrogen-bond acceptors (Lipinski definition) is 5. The minimum Gasteiger partial charge on any atom is -0.484 e. The Morgan fingerprint density at radius 3 is 2.60 bits per heavy atom. The summed E-state index contributed by atoms with van der Waals surface area (Å²) in [5, 5.41) is 4.27.